The number of aliphatic hydroxyl groups excluding tert-OH is 1. The van der Waals surface area contributed by atoms with Crippen molar-refractivity contribution in [1.82, 2.24) is 0 Å². The molecular weight excluding hydrogens is 328 g/mol. The lowest BCUT2D eigenvalue weighted by Crippen LogP contribution is -2.36. The van der Waals surface area contributed by atoms with Crippen LogP contribution in [0.4, 0.5) is 4.79 Å². The van der Waals surface area contributed by atoms with Crippen molar-refractivity contribution >= 4 is 6.16 Å². The number of hydrogen-bond donors (Lipinski definition) is 1. The van der Waals surface area contributed by atoms with Crippen molar-refractivity contribution in [3.63, 3.8) is 0 Å². The van der Waals surface area contributed by atoms with Crippen molar-refractivity contribution in [2.45, 2.75) is 76.9 Å². The number of aliphatic hydroxyl groups is 1. The normalized spacial score (nSPS) is 33.0. The van der Waals surface area contributed by atoms with E-state index in [4.69, 9.17) is 9.47 Å². The molecule has 26 heavy (non-hydrogen) atoms. The molecule has 2 fully saturated rings. The standard InChI is InChI=1S/C22H30O4/c1-22(2,3)26-21(24)25-14-5-7-15-13(12-14)4-6-17-16(15)8-9-19-18(17)10-11-20(19)23/h5,7,12,16-20,23H,4,6,8-11H2,1-3H3. The van der Waals surface area contributed by atoms with Crippen LogP contribution in [0.15, 0.2) is 18.2 Å². The zero-order valence-corrected chi connectivity index (χ0v) is 16.0. The quantitative estimate of drug-likeness (QED) is 0.577. The van der Waals surface area contributed by atoms with Gasteiger partial charge in [-0.1, -0.05) is 6.07 Å². The molecular formula is C22H30O4. The number of carbonyl (C=O) groups is 1. The molecule has 3 aliphatic rings. The monoisotopic (exact) mass is 358 g/mol. The molecule has 142 valence electrons. The van der Waals surface area contributed by atoms with Crippen LogP contribution in [0.2, 0.25) is 0 Å². The molecule has 2 saturated carbocycles. The Bertz CT molecular complexity index is 690. The molecule has 1 N–H and O–H groups in total. The lowest BCUT2D eigenvalue weighted by atomic mass is 9.61. The zero-order chi connectivity index (χ0) is 18.5. The molecule has 0 aliphatic heterocycles. The highest BCUT2D eigenvalue weighted by atomic mass is 16.7. The number of benzene rings is 1. The first-order valence-electron chi connectivity index (χ1n) is 10.0. The van der Waals surface area contributed by atoms with Gasteiger partial charge in [0.1, 0.15) is 11.4 Å². The molecule has 0 amide bonds. The Morgan fingerprint density at radius 2 is 1.81 bits per heavy atom. The van der Waals surface area contributed by atoms with E-state index < -0.39 is 11.8 Å². The summed E-state index contributed by atoms with van der Waals surface area (Å²) in [4.78, 5) is 11.9. The van der Waals surface area contributed by atoms with Gasteiger partial charge in [0.25, 0.3) is 0 Å². The van der Waals surface area contributed by atoms with Crippen LogP contribution in [0, 0.1) is 17.8 Å². The van der Waals surface area contributed by atoms with Gasteiger partial charge in [-0.05, 0) is 106 Å². The predicted molar refractivity (Wildman–Crippen MR) is 99.3 cm³/mol. The average molecular weight is 358 g/mol. The smallest absolute Gasteiger partial charge is 0.428 e. The van der Waals surface area contributed by atoms with Crippen LogP contribution in [0.3, 0.4) is 0 Å². The highest BCUT2D eigenvalue weighted by molar-refractivity contribution is 5.64. The van der Waals surface area contributed by atoms with Gasteiger partial charge in [-0.15, -0.1) is 0 Å². The number of fused-ring (bicyclic) bond motifs is 5. The molecule has 1 aromatic rings. The van der Waals surface area contributed by atoms with Crippen molar-refractivity contribution in [2.24, 2.45) is 17.8 Å². The largest absolute Gasteiger partial charge is 0.514 e. The van der Waals surface area contributed by atoms with E-state index >= 15 is 0 Å². The summed E-state index contributed by atoms with van der Waals surface area (Å²) in [7, 11) is 0. The minimum absolute atomic E-state index is 0.0769. The van der Waals surface area contributed by atoms with E-state index in [-0.39, 0.29) is 6.10 Å². The minimum atomic E-state index is -0.647. The molecule has 0 spiro atoms. The second-order valence-corrected chi connectivity index (χ2v) is 9.29. The summed E-state index contributed by atoms with van der Waals surface area (Å²) in [5.74, 6) is 3.08. The maximum atomic E-state index is 11.9. The molecule has 5 unspecified atom stereocenters. The van der Waals surface area contributed by atoms with Gasteiger partial charge in [0.15, 0.2) is 0 Å². The van der Waals surface area contributed by atoms with Crippen LogP contribution in [-0.2, 0) is 11.2 Å². The highest BCUT2D eigenvalue weighted by Gasteiger charge is 2.47. The molecule has 0 heterocycles. The Morgan fingerprint density at radius 3 is 2.58 bits per heavy atom. The topological polar surface area (TPSA) is 55.8 Å². The van der Waals surface area contributed by atoms with Crippen LogP contribution in [0.25, 0.3) is 0 Å². The maximum absolute atomic E-state index is 11.9. The van der Waals surface area contributed by atoms with Crippen molar-refractivity contribution < 1.29 is 19.4 Å². The van der Waals surface area contributed by atoms with Gasteiger partial charge in [-0.25, -0.2) is 4.79 Å². The van der Waals surface area contributed by atoms with Crippen LogP contribution < -0.4 is 4.74 Å². The molecule has 5 atom stereocenters. The Hall–Kier alpha value is -1.55. The molecule has 0 bridgehead atoms. The lowest BCUT2D eigenvalue weighted by molar-refractivity contribution is 0.0206. The number of carbonyl (C=O) groups excluding carboxylic acids is 1. The molecule has 4 heteroatoms. The number of hydrogen-bond acceptors (Lipinski definition) is 4. The van der Waals surface area contributed by atoms with Crippen LogP contribution in [-0.4, -0.2) is 23.0 Å². The summed E-state index contributed by atoms with van der Waals surface area (Å²) >= 11 is 0. The molecule has 4 rings (SSSR count). The Morgan fingerprint density at radius 1 is 1.04 bits per heavy atom. The van der Waals surface area contributed by atoms with Gasteiger partial charge in [-0.3, -0.25) is 0 Å². The third kappa shape index (κ3) is 3.36. The summed E-state index contributed by atoms with van der Waals surface area (Å²) in [6, 6.07) is 6.07. The Balaban J connectivity index is 1.50. The third-order valence-electron chi connectivity index (χ3n) is 6.57. The molecule has 0 aromatic heterocycles. The van der Waals surface area contributed by atoms with Gasteiger partial charge in [-0.2, -0.15) is 0 Å². The second kappa shape index (κ2) is 6.56. The molecule has 0 saturated heterocycles. The fourth-order valence-corrected chi connectivity index (χ4v) is 5.61. The van der Waals surface area contributed by atoms with E-state index in [9.17, 15) is 9.90 Å². The minimum Gasteiger partial charge on any atom is -0.428 e. The second-order valence-electron chi connectivity index (χ2n) is 9.29. The van der Waals surface area contributed by atoms with Crippen LogP contribution in [0.5, 0.6) is 5.75 Å². The first kappa shape index (κ1) is 17.8. The van der Waals surface area contributed by atoms with Crippen LogP contribution in [0.1, 0.15) is 69.9 Å². The van der Waals surface area contributed by atoms with E-state index in [1.54, 1.807) is 0 Å². The Labute approximate surface area is 155 Å². The number of rotatable bonds is 1. The first-order chi connectivity index (χ1) is 12.3. The lowest BCUT2D eigenvalue weighted by Gasteiger charge is -2.44. The molecule has 3 aliphatic carbocycles. The number of aryl methyl sites for hydroxylation is 1. The van der Waals surface area contributed by atoms with Crippen LogP contribution >= 0.6 is 0 Å². The zero-order valence-electron chi connectivity index (χ0n) is 16.0. The average Bonchev–Trinajstić information content (AvgIpc) is 2.94. The first-order valence-corrected chi connectivity index (χ1v) is 10.0. The molecule has 1 aromatic carbocycles. The fraction of sp³-hybridized carbons (Fsp3) is 0.682. The summed E-state index contributed by atoms with van der Waals surface area (Å²) in [5.41, 5.74) is 2.19. The van der Waals surface area contributed by atoms with E-state index in [1.165, 1.54) is 30.4 Å². The Kier molecular flexibility index (Phi) is 4.50. The SMILES string of the molecule is CC(C)(C)OC(=O)Oc1ccc2c(c1)CCC1C2CCC2C(O)CCC21. The van der Waals surface area contributed by atoms with Gasteiger partial charge in [0, 0.05) is 0 Å². The molecule has 0 radical (unpaired) electrons. The van der Waals surface area contributed by atoms with Crippen molar-refractivity contribution in [3.8, 4) is 5.75 Å². The summed E-state index contributed by atoms with van der Waals surface area (Å²) in [6.07, 6.45) is 5.96. The summed E-state index contributed by atoms with van der Waals surface area (Å²) in [5, 5.41) is 10.3. The predicted octanol–water partition coefficient (Wildman–Crippen LogP) is 4.83. The van der Waals surface area contributed by atoms with E-state index in [2.05, 4.69) is 6.07 Å². The molecule has 4 nitrogen and oxygen atoms in total. The van der Waals surface area contributed by atoms with Crippen molar-refractivity contribution in [1.29, 1.82) is 0 Å². The summed E-state index contributed by atoms with van der Waals surface area (Å²) in [6.45, 7) is 5.49. The fourth-order valence-electron chi connectivity index (χ4n) is 5.61. The third-order valence-corrected chi connectivity index (χ3v) is 6.57. The maximum Gasteiger partial charge on any atom is 0.514 e. The van der Waals surface area contributed by atoms with Crippen molar-refractivity contribution in [2.75, 3.05) is 0 Å². The van der Waals surface area contributed by atoms with E-state index in [0.717, 1.165) is 19.3 Å². The highest BCUT2D eigenvalue weighted by Crippen LogP contribution is 2.55. The van der Waals surface area contributed by atoms with Crippen molar-refractivity contribution in [3.05, 3.63) is 29.3 Å². The van der Waals surface area contributed by atoms with Gasteiger partial charge >= 0.3 is 6.16 Å². The van der Waals surface area contributed by atoms with E-state index in [1.807, 2.05) is 32.9 Å². The summed E-state index contributed by atoms with van der Waals surface area (Å²) < 4.78 is 10.6. The van der Waals surface area contributed by atoms with Gasteiger partial charge < -0.3 is 14.6 Å². The van der Waals surface area contributed by atoms with E-state index in [0.29, 0.717) is 29.4 Å². The number of ether oxygens (including phenoxy) is 2. The van der Waals surface area contributed by atoms with Gasteiger partial charge in [0.2, 0.25) is 0 Å². The van der Waals surface area contributed by atoms with Gasteiger partial charge in [0.05, 0.1) is 6.10 Å².